The van der Waals surface area contributed by atoms with E-state index in [1.807, 2.05) is 47.7 Å². The molecule has 0 N–H and O–H groups in total. The first-order valence-electron chi connectivity index (χ1n) is 17.3. The molecule has 1 fully saturated rings. The van der Waals surface area contributed by atoms with Gasteiger partial charge >= 0.3 is 0 Å². The van der Waals surface area contributed by atoms with Gasteiger partial charge in [0.15, 0.2) is 17.5 Å². The molecule has 1 saturated carbocycles. The molecule has 234 valence electrons. The lowest BCUT2D eigenvalue weighted by Crippen LogP contribution is -2.27. The van der Waals surface area contributed by atoms with Gasteiger partial charge in [-0.15, -0.1) is 11.3 Å². The highest BCUT2D eigenvalue weighted by atomic mass is 32.1. The molecule has 2 aromatic heterocycles. The number of benzene rings is 6. The van der Waals surface area contributed by atoms with Crippen LogP contribution in [0.25, 0.3) is 76.6 Å². The summed E-state index contributed by atoms with van der Waals surface area (Å²) >= 11 is 1.84. The third kappa shape index (κ3) is 4.66. The van der Waals surface area contributed by atoms with Gasteiger partial charge in [0.1, 0.15) is 0 Å². The summed E-state index contributed by atoms with van der Waals surface area (Å²) in [5.41, 5.74) is 11.6. The molecule has 0 aliphatic heterocycles. The number of aromatic nitrogens is 3. The Balaban J connectivity index is 1.09. The van der Waals surface area contributed by atoms with E-state index in [0.717, 1.165) is 16.7 Å². The molecular formula is C45H33N3S. The van der Waals surface area contributed by atoms with Crippen LogP contribution in [0.3, 0.4) is 0 Å². The smallest absolute Gasteiger partial charge is 0.164 e. The topological polar surface area (TPSA) is 38.7 Å². The minimum absolute atomic E-state index is 0.183. The van der Waals surface area contributed by atoms with E-state index in [4.69, 9.17) is 15.0 Å². The average Bonchev–Trinajstić information content (AvgIpc) is 3.67. The summed E-state index contributed by atoms with van der Waals surface area (Å²) in [4.78, 5) is 14.9. The van der Waals surface area contributed by atoms with Crippen molar-refractivity contribution in [3.05, 3.63) is 151 Å². The van der Waals surface area contributed by atoms with Crippen LogP contribution in [0.1, 0.15) is 43.2 Å². The molecule has 0 bridgehead atoms. The van der Waals surface area contributed by atoms with E-state index < -0.39 is 0 Å². The van der Waals surface area contributed by atoms with Crippen LogP contribution in [-0.4, -0.2) is 15.0 Å². The summed E-state index contributed by atoms with van der Waals surface area (Å²) in [7, 11) is 0. The van der Waals surface area contributed by atoms with Crippen LogP contribution in [0.4, 0.5) is 0 Å². The maximum Gasteiger partial charge on any atom is 0.164 e. The maximum atomic E-state index is 5.00. The molecule has 3 nitrogen and oxygen atoms in total. The fraction of sp³-hybridized carbons (Fsp3) is 0.133. The van der Waals surface area contributed by atoms with E-state index in [-0.39, 0.29) is 5.41 Å². The standard InChI is InChI=1S/C45H33N3S/c1-4-12-29(13-5-1)42-46-43(30-14-6-2-7-15-30)48-44(47-42)33-20-23-41-37(28-33)36-27-32(19-22-40(36)49-41)31-18-21-39-35(26-31)34-16-8-9-17-38(34)45(39)24-10-3-11-25-45/h1-2,4-9,12-23,26-28H,3,10-11,24-25H2. The van der Waals surface area contributed by atoms with E-state index in [1.165, 1.54) is 85.7 Å². The van der Waals surface area contributed by atoms with Gasteiger partial charge in [-0.05, 0) is 82.6 Å². The highest BCUT2D eigenvalue weighted by Gasteiger charge is 2.43. The Morgan fingerprint density at radius 1 is 0.408 bits per heavy atom. The predicted molar refractivity (Wildman–Crippen MR) is 204 cm³/mol. The Bertz CT molecular complexity index is 2470. The van der Waals surface area contributed by atoms with Crippen LogP contribution >= 0.6 is 11.3 Å². The number of nitrogens with zero attached hydrogens (tertiary/aromatic N) is 3. The number of thiophene rings is 1. The molecule has 1 spiro atoms. The van der Waals surface area contributed by atoms with Crippen molar-refractivity contribution in [3.63, 3.8) is 0 Å². The normalized spacial score (nSPS) is 14.7. The third-order valence-corrected chi connectivity index (χ3v) is 11.9. The summed E-state index contributed by atoms with van der Waals surface area (Å²) in [5.74, 6) is 2.03. The van der Waals surface area contributed by atoms with E-state index in [2.05, 4.69) is 103 Å². The van der Waals surface area contributed by atoms with Crippen LogP contribution in [0.5, 0.6) is 0 Å². The molecule has 2 aliphatic rings. The van der Waals surface area contributed by atoms with Crippen molar-refractivity contribution in [2.24, 2.45) is 0 Å². The Morgan fingerprint density at radius 2 is 0.918 bits per heavy atom. The van der Waals surface area contributed by atoms with Gasteiger partial charge in [-0.25, -0.2) is 15.0 Å². The second kappa shape index (κ2) is 11.3. The van der Waals surface area contributed by atoms with E-state index in [0.29, 0.717) is 17.5 Å². The number of hydrogen-bond acceptors (Lipinski definition) is 4. The maximum absolute atomic E-state index is 5.00. The van der Waals surface area contributed by atoms with Crippen molar-refractivity contribution in [3.8, 4) is 56.4 Å². The molecule has 6 aromatic carbocycles. The fourth-order valence-electron chi connectivity index (χ4n) is 8.37. The van der Waals surface area contributed by atoms with Crippen molar-refractivity contribution < 1.29 is 0 Å². The summed E-state index contributed by atoms with van der Waals surface area (Å²) in [6.45, 7) is 0. The van der Waals surface area contributed by atoms with Gasteiger partial charge in [-0.2, -0.15) is 0 Å². The number of hydrogen-bond donors (Lipinski definition) is 0. The summed E-state index contributed by atoms with van der Waals surface area (Å²) in [6.07, 6.45) is 6.48. The number of rotatable bonds is 4. The zero-order valence-electron chi connectivity index (χ0n) is 27.1. The van der Waals surface area contributed by atoms with Gasteiger partial charge in [-0.1, -0.05) is 122 Å². The fourth-order valence-corrected chi connectivity index (χ4v) is 9.44. The Labute approximate surface area is 290 Å². The highest BCUT2D eigenvalue weighted by molar-refractivity contribution is 7.25. The summed E-state index contributed by atoms with van der Waals surface area (Å²) in [6, 6.07) is 50.4. The Hall–Kier alpha value is -5.45. The molecule has 10 rings (SSSR count). The molecule has 8 aromatic rings. The monoisotopic (exact) mass is 647 g/mol. The van der Waals surface area contributed by atoms with Crippen molar-refractivity contribution >= 4 is 31.5 Å². The van der Waals surface area contributed by atoms with Gasteiger partial charge in [0.2, 0.25) is 0 Å². The van der Waals surface area contributed by atoms with E-state index in [1.54, 1.807) is 0 Å². The van der Waals surface area contributed by atoms with Crippen LogP contribution in [0.2, 0.25) is 0 Å². The van der Waals surface area contributed by atoms with Gasteiger partial charge < -0.3 is 0 Å². The largest absolute Gasteiger partial charge is 0.208 e. The van der Waals surface area contributed by atoms with Crippen LogP contribution in [-0.2, 0) is 5.41 Å². The molecule has 2 heterocycles. The van der Waals surface area contributed by atoms with Crippen molar-refractivity contribution in [2.45, 2.75) is 37.5 Å². The molecule has 0 atom stereocenters. The highest BCUT2D eigenvalue weighted by Crippen LogP contribution is 2.56. The summed E-state index contributed by atoms with van der Waals surface area (Å²) < 4.78 is 2.55. The first-order valence-corrected chi connectivity index (χ1v) is 18.1. The zero-order valence-corrected chi connectivity index (χ0v) is 27.9. The third-order valence-electron chi connectivity index (χ3n) is 10.7. The second-order valence-electron chi connectivity index (χ2n) is 13.5. The lowest BCUT2D eigenvalue weighted by atomic mass is 9.68. The van der Waals surface area contributed by atoms with Crippen molar-refractivity contribution in [1.82, 2.24) is 15.0 Å². The first-order chi connectivity index (χ1) is 24.2. The van der Waals surface area contributed by atoms with Gasteiger partial charge in [0, 0.05) is 42.3 Å². The molecule has 49 heavy (non-hydrogen) atoms. The lowest BCUT2D eigenvalue weighted by Gasteiger charge is -2.36. The van der Waals surface area contributed by atoms with E-state index in [9.17, 15) is 0 Å². The van der Waals surface area contributed by atoms with Gasteiger partial charge in [0.05, 0.1) is 0 Å². The minimum atomic E-state index is 0.183. The van der Waals surface area contributed by atoms with Crippen molar-refractivity contribution in [1.29, 1.82) is 0 Å². The molecule has 0 amide bonds. The van der Waals surface area contributed by atoms with Crippen LogP contribution in [0, 0.1) is 0 Å². The zero-order chi connectivity index (χ0) is 32.4. The molecule has 2 aliphatic carbocycles. The minimum Gasteiger partial charge on any atom is -0.208 e. The molecule has 0 unspecified atom stereocenters. The molecule has 0 saturated heterocycles. The van der Waals surface area contributed by atoms with E-state index >= 15 is 0 Å². The molecule has 0 radical (unpaired) electrons. The van der Waals surface area contributed by atoms with Crippen molar-refractivity contribution in [2.75, 3.05) is 0 Å². The van der Waals surface area contributed by atoms with Crippen LogP contribution < -0.4 is 0 Å². The predicted octanol–water partition coefficient (Wildman–Crippen LogP) is 12.1. The Morgan fingerprint density at radius 3 is 1.59 bits per heavy atom. The number of fused-ring (bicyclic) bond motifs is 8. The average molecular weight is 648 g/mol. The van der Waals surface area contributed by atoms with Gasteiger partial charge in [0.25, 0.3) is 0 Å². The SMILES string of the molecule is c1ccc(-c2nc(-c3ccccc3)nc(-c3ccc4sc5ccc(-c6ccc7c(c6)-c6ccccc6C76CCCCC6)cc5c4c3)n2)cc1. The quantitative estimate of drug-likeness (QED) is 0.191. The molecule has 4 heteroatoms. The Kier molecular flexibility index (Phi) is 6.60. The first kappa shape index (κ1) is 28.6. The lowest BCUT2D eigenvalue weighted by molar-refractivity contribution is 0.353. The second-order valence-corrected chi connectivity index (χ2v) is 14.6. The molecular weight excluding hydrogens is 615 g/mol. The van der Waals surface area contributed by atoms with Gasteiger partial charge in [-0.3, -0.25) is 0 Å². The summed E-state index contributed by atoms with van der Waals surface area (Å²) in [5, 5.41) is 2.50. The van der Waals surface area contributed by atoms with Crippen LogP contribution in [0.15, 0.2) is 140 Å².